The van der Waals surface area contributed by atoms with E-state index in [1.165, 1.54) is 0 Å². The minimum atomic E-state index is -0.738. The topological polar surface area (TPSA) is 70.7 Å². The lowest BCUT2D eigenvalue weighted by Crippen LogP contribution is -2.46. The van der Waals surface area contributed by atoms with Crippen LogP contribution in [0.15, 0.2) is 24.7 Å². The number of piperidine rings is 1. The molecule has 0 amide bonds. The molecule has 2 unspecified atom stereocenters. The lowest BCUT2D eigenvalue weighted by atomic mass is 9.92. The molecule has 3 heterocycles. The van der Waals surface area contributed by atoms with Crippen molar-refractivity contribution in [1.82, 2.24) is 19.3 Å². The second-order valence-corrected chi connectivity index (χ2v) is 5.51. The van der Waals surface area contributed by atoms with Crippen molar-refractivity contribution >= 4 is 11.7 Å². The second-order valence-electron chi connectivity index (χ2n) is 5.51. The number of nitrogens with zero attached hydrogens (tertiary/aromatic N) is 4. The van der Waals surface area contributed by atoms with E-state index in [0.717, 1.165) is 18.7 Å². The Morgan fingerprint density at radius 1 is 1.55 bits per heavy atom. The third kappa shape index (κ3) is 2.51. The number of imidazole rings is 1. The van der Waals surface area contributed by atoms with E-state index in [1.807, 2.05) is 27.8 Å². The first-order valence-electron chi connectivity index (χ1n) is 6.89. The monoisotopic (exact) mass is 274 g/mol. The lowest BCUT2D eigenvalue weighted by Gasteiger charge is -2.35. The smallest absolute Gasteiger partial charge is 0.320 e. The van der Waals surface area contributed by atoms with Gasteiger partial charge in [0.25, 0.3) is 0 Å². The van der Waals surface area contributed by atoms with Crippen molar-refractivity contribution in [2.45, 2.75) is 32.4 Å². The van der Waals surface area contributed by atoms with E-state index in [0.29, 0.717) is 24.7 Å². The molecule has 0 saturated carbocycles. The van der Waals surface area contributed by atoms with Crippen molar-refractivity contribution in [2.24, 2.45) is 5.92 Å². The summed E-state index contributed by atoms with van der Waals surface area (Å²) in [5.41, 5.74) is 0.865. The highest BCUT2D eigenvalue weighted by molar-refractivity contribution is 5.73. The first kappa shape index (κ1) is 13.1. The normalized spacial score (nSPS) is 24.1. The van der Waals surface area contributed by atoms with Crippen LogP contribution in [0.2, 0.25) is 0 Å². The second kappa shape index (κ2) is 5.20. The average molecular weight is 274 g/mol. The standard InChI is InChI=1S/C14H18N4O2/c1-10-3-6-17(12(7-10)13(19)20)8-11-9-18-5-2-4-15-14(18)16-11/h2,4-5,9-10,12H,3,6-8H2,1H3,(H,19,20). The predicted molar refractivity (Wildman–Crippen MR) is 73.2 cm³/mol. The Morgan fingerprint density at radius 2 is 2.40 bits per heavy atom. The molecule has 1 saturated heterocycles. The molecule has 1 aliphatic rings. The number of fused-ring (bicyclic) bond motifs is 1. The first-order chi connectivity index (χ1) is 9.63. The van der Waals surface area contributed by atoms with Crippen molar-refractivity contribution in [3.63, 3.8) is 0 Å². The number of rotatable bonds is 3. The predicted octanol–water partition coefficient (Wildman–Crippen LogP) is 1.41. The van der Waals surface area contributed by atoms with Crippen molar-refractivity contribution in [3.8, 4) is 0 Å². The molecule has 2 aromatic heterocycles. The lowest BCUT2D eigenvalue weighted by molar-refractivity contribution is -0.145. The maximum Gasteiger partial charge on any atom is 0.320 e. The zero-order valence-electron chi connectivity index (χ0n) is 11.4. The molecule has 6 heteroatoms. The van der Waals surface area contributed by atoms with Crippen LogP contribution < -0.4 is 0 Å². The first-order valence-corrected chi connectivity index (χ1v) is 6.89. The molecule has 1 aliphatic heterocycles. The van der Waals surface area contributed by atoms with Gasteiger partial charge in [0.15, 0.2) is 0 Å². The zero-order chi connectivity index (χ0) is 14.1. The molecule has 1 fully saturated rings. The quantitative estimate of drug-likeness (QED) is 0.916. The molecule has 3 rings (SSSR count). The van der Waals surface area contributed by atoms with Crippen LogP contribution in [0.1, 0.15) is 25.5 Å². The van der Waals surface area contributed by atoms with Gasteiger partial charge in [-0.15, -0.1) is 0 Å². The van der Waals surface area contributed by atoms with E-state index in [9.17, 15) is 9.90 Å². The van der Waals surface area contributed by atoms with Gasteiger partial charge in [0.05, 0.1) is 5.69 Å². The third-order valence-corrected chi connectivity index (χ3v) is 3.91. The summed E-state index contributed by atoms with van der Waals surface area (Å²) in [5.74, 6) is 0.383. The molecule has 0 aromatic carbocycles. The largest absolute Gasteiger partial charge is 0.480 e. The molecular weight excluding hydrogens is 256 g/mol. The maximum atomic E-state index is 11.4. The van der Waals surface area contributed by atoms with Gasteiger partial charge in [-0.05, 0) is 31.4 Å². The number of aliphatic carboxylic acids is 1. The van der Waals surface area contributed by atoms with E-state index in [2.05, 4.69) is 16.9 Å². The van der Waals surface area contributed by atoms with E-state index >= 15 is 0 Å². The number of carbonyl (C=O) groups is 1. The molecule has 6 nitrogen and oxygen atoms in total. The Labute approximate surface area is 117 Å². The van der Waals surface area contributed by atoms with Crippen molar-refractivity contribution in [2.75, 3.05) is 6.54 Å². The van der Waals surface area contributed by atoms with Crippen LogP contribution >= 0.6 is 0 Å². The summed E-state index contributed by atoms with van der Waals surface area (Å²) in [6, 6.07) is 1.44. The fourth-order valence-electron chi connectivity index (χ4n) is 2.80. The highest BCUT2D eigenvalue weighted by Gasteiger charge is 2.31. The van der Waals surface area contributed by atoms with Gasteiger partial charge >= 0.3 is 5.97 Å². The molecule has 106 valence electrons. The molecular formula is C14H18N4O2. The van der Waals surface area contributed by atoms with E-state index in [-0.39, 0.29) is 0 Å². The van der Waals surface area contributed by atoms with Crippen LogP contribution in [0.4, 0.5) is 0 Å². The Hall–Kier alpha value is -1.95. The Bertz CT molecular complexity index is 591. The summed E-state index contributed by atoms with van der Waals surface area (Å²) in [4.78, 5) is 22.0. The van der Waals surface area contributed by atoms with Crippen LogP contribution in [-0.2, 0) is 11.3 Å². The van der Waals surface area contributed by atoms with Crippen molar-refractivity contribution in [1.29, 1.82) is 0 Å². The van der Waals surface area contributed by atoms with E-state index in [4.69, 9.17) is 0 Å². The van der Waals surface area contributed by atoms with Crippen LogP contribution in [0.3, 0.4) is 0 Å². The zero-order valence-corrected chi connectivity index (χ0v) is 11.4. The van der Waals surface area contributed by atoms with Crippen LogP contribution in [-0.4, -0.2) is 42.9 Å². The van der Waals surface area contributed by atoms with Crippen LogP contribution in [0.5, 0.6) is 0 Å². The Morgan fingerprint density at radius 3 is 3.15 bits per heavy atom. The van der Waals surface area contributed by atoms with Crippen molar-refractivity contribution in [3.05, 3.63) is 30.4 Å². The molecule has 2 atom stereocenters. The van der Waals surface area contributed by atoms with Crippen LogP contribution in [0.25, 0.3) is 5.78 Å². The van der Waals surface area contributed by atoms with Gasteiger partial charge in [0.1, 0.15) is 6.04 Å². The van der Waals surface area contributed by atoms with Gasteiger partial charge in [-0.3, -0.25) is 14.1 Å². The summed E-state index contributed by atoms with van der Waals surface area (Å²) < 4.78 is 1.86. The minimum absolute atomic E-state index is 0.406. The fourth-order valence-corrected chi connectivity index (χ4v) is 2.80. The summed E-state index contributed by atoms with van der Waals surface area (Å²) in [6.07, 6.45) is 7.26. The SMILES string of the molecule is CC1CCN(Cc2cn3cccnc3n2)C(C(=O)O)C1. The molecule has 0 bridgehead atoms. The number of aromatic nitrogens is 3. The van der Waals surface area contributed by atoms with Gasteiger partial charge in [-0.25, -0.2) is 9.97 Å². The molecule has 2 aromatic rings. The number of carboxylic acid groups (broad SMARTS) is 1. The Kier molecular flexibility index (Phi) is 3.40. The molecule has 20 heavy (non-hydrogen) atoms. The van der Waals surface area contributed by atoms with Gasteiger partial charge < -0.3 is 5.11 Å². The summed E-state index contributed by atoms with van der Waals surface area (Å²) in [5, 5.41) is 9.36. The van der Waals surface area contributed by atoms with E-state index in [1.54, 1.807) is 6.20 Å². The summed E-state index contributed by atoms with van der Waals surface area (Å²) in [7, 11) is 0. The van der Waals surface area contributed by atoms with Crippen LogP contribution in [0, 0.1) is 5.92 Å². The average Bonchev–Trinajstić information content (AvgIpc) is 2.82. The number of hydrogen-bond acceptors (Lipinski definition) is 4. The van der Waals surface area contributed by atoms with E-state index < -0.39 is 12.0 Å². The molecule has 0 radical (unpaired) electrons. The number of hydrogen-bond donors (Lipinski definition) is 1. The number of carboxylic acids is 1. The van der Waals surface area contributed by atoms with Gasteiger partial charge in [-0.1, -0.05) is 6.92 Å². The van der Waals surface area contributed by atoms with Gasteiger partial charge in [0.2, 0.25) is 5.78 Å². The van der Waals surface area contributed by atoms with Gasteiger partial charge in [0, 0.05) is 25.1 Å². The number of likely N-dealkylation sites (tertiary alicyclic amines) is 1. The Balaban J connectivity index is 1.80. The highest BCUT2D eigenvalue weighted by atomic mass is 16.4. The highest BCUT2D eigenvalue weighted by Crippen LogP contribution is 2.24. The fraction of sp³-hybridized carbons (Fsp3) is 0.500. The van der Waals surface area contributed by atoms with Gasteiger partial charge in [-0.2, -0.15) is 0 Å². The minimum Gasteiger partial charge on any atom is -0.480 e. The molecule has 0 spiro atoms. The molecule has 1 N–H and O–H groups in total. The third-order valence-electron chi connectivity index (χ3n) is 3.91. The summed E-state index contributed by atoms with van der Waals surface area (Å²) >= 11 is 0. The summed E-state index contributed by atoms with van der Waals surface area (Å²) in [6.45, 7) is 3.48. The van der Waals surface area contributed by atoms with Crippen molar-refractivity contribution < 1.29 is 9.90 Å². The maximum absolute atomic E-state index is 11.4. The molecule has 0 aliphatic carbocycles.